The second-order valence-corrected chi connectivity index (χ2v) is 8.18. The monoisotopic (exact) mass is 430 g/mol. The summed E-state index contributed by atoms with van der Waals surface area (Å²) in [6, 6.07) is 12.1. The zero-order valence-corrected chi connectivity index (χ0v) is 18.6. The number of hydrogen-bond donors (Lipinski definition) is 3. The largest absolute Gasteiger partial charge is 0.397 e. The van der Waals surface area contributed by atoms with E-state index in [-0.39, 0.29) is 0 Å². The highest BCUT2D eigenvalue weighted by Crippen LogP contribution is 2.23. The Balaban J connectivity index is 1.48. The van der Waals surface area contributed by atoms with Crippen LogP contribution in [0.3, 0.4) is 0 Å². The first-order chi connectivity index (χ1) is 15.4. The van der Waals surface area contributed by atoms with E-state index in [2.05, 4.69) is 44.8 Å². The lowest BCUT2D eigenvalue weighted by atomic mass is 10.1. The zero-order valence-electron chi connectivity index (χ0n) is 18.6. The predicted molar refractivity (Wildman–Crippen MR) is 132 cm³/mol. The molecule has 0 unspecified atom stereocenters. The van der Waals surface area contributed by atoms with Gasteiger partial charge in [0.15, 0.2) is 0 Å². The maximum atomic E-state index is 6.14. The number of hydrogen-bond acceptors (Lipinski definition) is 8. The summed E-state index contributed by atoms with van der Waals surface area (Å²) in [4.78, 5) is 13.8. The summed E-state index contributed by atoms with van der Waals surface area (Å²) in [5, 5.41) is 6.78. The standard InChI is InChI=1S/C24H30N8/c1-17(19-6-7-24(28-14-19)32-10-8-30(2)9-11-32)29-23-13-21-12-18(22(25)16-31(3)26)4-5-20(21)15-27-23/h4-7,12-16H,1,8-11,25-26H2,2-3H3,(H,27,29)/b22-16-. The molecule has 1 aliphatic heterocycles. The van der Waals surface area contributed by atoms with Crippen molar-refractivity contribution in [3.8, 4) is 0 Å². The van der Waals surface area contributed by atoms with Crippen molar-refractivity contribution in [2.75, 3.05) is 50.5 Å². The Labute approximate surface area is 188 Å². The minimum Gasteiger partial charge on any atom is -0.397 e. The molecule has 0 radical (unpaired) electrons. The van der Waals surface area contributed by atoms with E-state index < -0.39 is 0 Å². The highest BCUT2D eigenvalue weighted by molar-refractivity contribution is 5.88. The van der Waals surface area contributed by atoms with Gasteiger partial charge in [-0.1, -0.05) is 18.7 Å². The van der Waals surface area contributed by atoms with Crippen molar-refractivity contribution in [3.05, 3.63) is 72.7 Å². The highest BCUT2D eigenvalue weighted by atomic mass is 15.4. The van der Waals surface area contributed by atoms with Crippen molar-refractivity contribution >= 4 is 33.8 Å². The van der Waals surface area contributed by atoms with Gasteiger partial charge in [0, 0.05) is 68.5 Å². The Morgan fingerprint density at radius 1 is 1.03 bits per heavy atom. The van der Waals surface area contributed by atoms with Crippen LogP contribution in [0.25, 0.3) is 22.2 Å². The molecule has 0 aliphatic carbocycles. The third-order valence-electron chi connectivity index (χ3n) is 5.60. The molecule has 3 aromatic rings. The van der Waals surface area contributed by atoms with Crippen LogP contribution in [-0.4, -0.2) is 60.2 Å². The molecule has 8 nitrogen and oxygen atoms in total. The molecule has 1 saturated heterocycles. The zero-order chi connectivity index (χ0) is 22.7. The number of benzene rings is 1. The van der Waals surface area contributed by atoms with Crippen LogP contribution in [0.5, 0.6) is 0 Å². The van der Waals surface area contributed by atoms with E-state index in [9.17, 15) is 0 Å². The number of nitrogens with one attached hydrogen (secondary N) is 1. The molecule has 3 heterocycles. The number of nitrogens with two attached hydrogens (primary N) is 2. The molecule has 8 heteroatoms. The fourth-order valence-corrected chi connectivity index (χ4v) is 3.70. The van der Waals surface area contributed by atoms with E-state index in [1.54, 1.807) is 13.2 Å². The van der Waals surface area contributed by atoms with Gasteiger partial charge in [0.25, 0.3) is 0 Å². The second kappa shape index (κ2) is 9.25. The van der Waals surface area contributed by atoms with Crippen molar-refractivity contribution in [2.24, 2.45) is 11.6 Å². The van der Waals surface area contributed by atoms with Gasteiger partial charge < -0.3 is 25.9 Å². The molecule has 1 aliphatic rings. The molecule has 1 fully saturated rings. The van der Waals surface area contributed by atoms with E-state index >= 15 is 0 Å². The number of anilines is 2. The van der Waals surface area contributed by atoms with Crippen LogP contribution in [0.4, 0.5) is 11.6 Å². The maximum absolute atomic E-state index is 6.14. The normalized spacial score (nSPS) is 15.1. The Hall–Kier alpha value is -3.62. The maximum Gasteiger partial charge on any atom is 0.130 e. The molecule has 166 valence electrons. The number of aromatic nitrogens is 2. The summed E-state index contributed by atoms with van der Waals surface area (Å²) in [5.41, 5.74) is 9.30. The third kappa shape index (κ3) is 4.99. The van der Waals surface area contributed by atoms with Crippen molar-refractivity contribution in [3.63, 3.8) is 0 Å². The van der Waals surface area contributed by atoms with E-state index in [1.807, 2.05) is 42.7 Å². The second-order valence-electron chi connectivity index (χ2n) is 8.18. The number of likely N-dealkylation sites (N-methyl/N-ethyl adjacent to an activating group) is 1. The highest BCUT2D eigenvalue weighted by Gasteiger charge is 2.15. The van der Waals surface area contributed by atoms with E-state index in [0.717, 1.165) is 59.6 Å². The topological polar surface area (TPSA) is 99.6 Å². The first-order valence-electron chi connectivity index (χ1n) is 10.6. The summed E-state index contributed by atoms with van der Waals surface area (Å²) in [6.45, 7) is 8.26. The predicted octanol–water partition coefficient (Wildman–Crippen LogP) is 2.53. The first kappa shape index (κ1) is 21.6. The molecular weight excluding hydrogens is 400 g/mol. The minimum atomic E-state index is 0.596. The van der Waals surface area contributed by atoms with E-state index in [0.29, 0.717) is 11.5 Å². The van der Waals surface area contributed by atoms with Crippen LogP contribution in [-0.2, 0) is 0 Å². The Morgan fingerprint density at radius 2 is 1.78 bits per heavy atom. The van der Waals surface area contributed by atoms with Gasteiger partial charge in [-0.3, -0.25) is 0 Å². The fraction of sp³-hybridized carbons (Fsp3) is 0.250. The van der Waals surface area contributed by atoms with Gasteiger partial charge in [-0.15, -0.1) is 0 Å². The van der Waals surface area contributed by atoms with Gasteiger partial charge in [0.2, 0.25) is 0 Å². The number of hydrazine groups is 1. The molecule has 4 rings (SSSR count). The quantitative estimate of drug-likeness (QED) is 0.405. The first-order valence-corrected chi connectivity index (χ1v) is 10.6. The van der Waals surface area contributed by atoms with Crippen LogP contribution in [0.1, 0.15) is 11.1 Å². The molecular formula is C24H30N8. The van der Waals surface area contributed by atoms with E-state index in [4.69, 9.17) is 11.6 Å². The van der Waals surface area contributed by atoms with Crippen LogP contribution in [0.15, 0.2) is 61.6 Å². The van der Waals surface area contributed by atoms with Crippen LogP contribution in [0.2, 0.25) is 0 Å². The average Bonchev–Trinajstić information content (AvgIpc) is 2.79. The molecule has 0 atom stereocenters. The fourth-order valence-electron chi connectivity index (χ4n) is 3.70. The Morgan fingerprint density at radius 3 is 2.47 bits per heavy atom. The third-order valence-corrected chi connectivity index (χ3v) is 5.60. The summed E-state index contributed by atoms with van der Waals surface area (Å²) < 4.78 is 0. The lowest BCUT2D eigenvalue weighted by molar-refractivity contribution is 0.312. The molecule has 32 heavy (non-hydrogen) atoms. The average molecular weight is 431 g/mol. The SMILES string of the molecule is C=C(Nc1cc2cc(/C(N)=C/N(C)N)ccc2cn1)c1ccc(N2CCN(C)CC2)nc1. The van der Waals surface area contributed by atoms with Gasteiger partial charge in [-0.2, -0.15) is 0 Å². The molecule has 0 spiro atoms. The number of nitrogens with zero attached hydrogens (tertiary/aromatic N) is 5. The lowest BCUT2D eigenvalue weighted by Gasteiger charge is -2.33. The van der Waals surface area contributed by atoms with Gasteiger partial charge in [-0.25, -0.2) is 15.8 Å². The van der Waals surface area contributed by atoms with Crippen molar-refractivity contribution in [2.45, 2.75) is 0 Å². The van der Waals surface area contributed by atoms with Gasteiger partial charge in [-0.05, 0) is 42.3 Å². The lowest BCUT2D eigenvalue weighted by Crippen LogP contribution is -2.44. The number of pyridine rings is 2. The molecule has 2 aromatic heterocycles. The van der Waals surface area contributed by atoms with E-state index in [1.165, 1.54) is 5.01 Å². The van der Waals surface area contributed by atoms with Crippen LogP contribution in [0, 0.1) is 0 Å². The Bertz CT molecular complexity index is 1130. The van der Waals surface area contributed by atoms with Crippen molar-refractivity contribution in [1.29, 1.82) is 0 Å². The molecule has 0 saturated carbocycles. The molecule has 5 N–H and O–H groups in total. The van der Waals surface area contributed by atoms with Crippen molar-refractivity contribution < 1.29 is 0 Å². The molecule has 0 bridgehead atoms. The minimum absolute atomic E-state index is 0.596. The van der Waals surface area contributed by atoms with Crippen LogP contribution < -0.4 is 21.8 Å². The molecule has 1 aromatic carbocycles. The summed E-state index contributed by atoms with van der Waals surface area (Å²) in [6.07, 6.45) is 5.37. The van der Waals surface area contributed by atoms with Crippen molar-refractivity contribution in [1.82, 2.24) is 19.9 Å². The summed E-state index contributed by atoms with van der Waals surface area (Å²) in [5.74, 6) is 7.38. The summed E-state index contributed by atoms with van der Waals surface area (Å²) >= 11 is 0. The summed E-state index contributed by atoms with van der Waals surface area (Å²) in [7, 11) is 3.88. The van der Waals surface area contributed by atoms with Gasteiger partial charge >= 0.3 is 0 Å². The molecule has 0 amide bonds. The Kier molecular flexibility index (Phi) is 6.25. The number of piperazine rings is 1. The van der Waals surface area contributed by atoms with Gasteiger partial charge in [0.05, 0.1) is 5.70 Å². The number of rotatable bonds is 6. The smallest absolute Gasteiger partial charge is 0.130 e. The number of fused-ring (bicyclic) bond motifs is 1. The van der Waals surface area contributed by atoms with Gasteiger partial charge in [0.1, 0.15) is 11.6 Å². The van der Waals surface area contributed by atoms with Crippen LogP contribution >= 0.6 is 0 Å².